The first-order valence-corrected chi connectivity index (χ1v) is 8.22. The molecule has 0 aromatic rings. The second-order valence-electron chi connectivity index (χ2n) is 5.03. The first kappa shape index (κ1) is 17.4. The Hall–Kier alpha value is -1.68. The van der Waals surface area contributed by atoms with Crippen LogP contribution in [0.2, 0.25) is 0 Å². The van der Waals surface area contributed by atoms with Crippen LogP contribution in [0.3, 0.4) is 0 Å². The number of nitrogens with one attached hydrogen (secondary N) is 1. The average molecular weight is 321 g/mol. The molecule has 10 heteroatoms. The number of hydrogen-bond donors (Lipinski definition) is 3. The van der Waals surface area contributed by atoms with E-state index in [0.29, 0.717) is 19.4 Å². The number of piperidine rings is 1. The highest BCUT2D eigenvalue weighted by atomic mass is 32.2. The zero-order valence-corrected chi connectivity index (χ0v) is 12.4. The van der Waals surface area contributed by atoms with Gasteiger partial charge in [0.25, 0.3) is 0 Å². The molecule has 21 heavy (non-hydrogen) atoms. The number of sulfonamides is 1. The molecule has 0 aliphatic carbocycles. The van der Waals surface area contributed by atoms with Crippen molar-refractivity contribution in [1.29, 1.82) is 0 Å². The smallest absolute Gasteiger partial charge is 0.326 e. The van der Waals surface area contributed by atoms with E-state index in [1.54, 1.807) is 0 Å². The van der Waals surface area contributed by atoms with Crippen LogP contribution in [-0.4, -0.2) is 61.0 Å². The normalized spacial score (nSPS) is 21.5. The Bertz CT molecular complexity index is 532. The first-order chi connectivity index (χ1) is 9.61. The van der Waals surface area contributed by atoms with Crippen LogP contribution in [0.15, 0.2) is 0 Å². The summed E-state index contributed by atoms with van der Waals surface area (Å²) in [5.74, 6) is -3.43. The van der Waals surface area contributed by atoms with E-state index in [-0.39, 0.29) is 6.54 Å². The summed E-state index contributed by atoms with van der Waals surface area (Å²) in [6.45, 7) is 0.347. The molecule has 1 aliphatic rings. The van der Waals surface area contributed by atoms with Gasteiger partial charge in [-0.1, -0.05) is 0 Å². The third kappa shape index (κ3) is 5.31. The Morgan fingerprint density at radius 2 is 2.05 bits per heavy atom. The number of primary amides is 1. The van der Waals surface area contributed by atoms with Crippen molar-refractivity contribution in [3.8, 4) is 0 Å². The molecule has 2 atom stereocenters. The molecule has 1 saturated heterocycles. The number of carbonyl (C=O) groups is 3. The Labute approximate surface area is 122 Å². The Morgan fingerprint density at radius 1 is 1.43 bits per heavy atom. The van der Waals surface area contributed by atoms with Gasteiger partial charge in [-0.15, -0.1) is 0 Å². The molecule has 120 valence electrons. The Morgan fingerprint density at radius 3 is 2.52 bits per heavy atom. The fraction of sp³-hybridized carbons (Fsp3) is 0.727. The Balaban J connectivity index is 2.69. The average Bonchev–Trinajstić information content (AvgIpc) is 2.36. The number of carboxylic acid groups (broad SMARTS) is 1. The lowest BCUT2D eigenvalue weighted by atomic mass is 9.98. The minimum atomic E-state index is -3.39. The minimum Gasteiger partial charge on any atom is -0.480 e. The number of amides is 2. The summed E-state index contributed by atoms with van der Waals surface area (Å²) in [5.41, 5.74) is 4.92. The van der Waals surface area contributed by atoms with Gasteiger partial charge in [-0.25, -0.2) is 17.5 Å². The van der Waals surface area contributed by atoms with Crippen molar-refractivity contribution >= 4 is 27.8 Å². The minimum absolute atomic E-state index is 0.00752. The van der Waals surface area contributed by atoms with Gasteiger partial charge in [0, 0.05) is 13.1 Å². The van der Waals surface area contributed by atoms with Crippen LogP contribution >= 0.6 is 0 Å². The highest BCUT2D eigenvalue weighted by molar-refractivity contribution is 7.88. The number of carboxylic acids is 1. The molecule has 1 rings (SSSR count). The number of nitrogens with zero attached hydrogens (tertiary/aromatic N) is 1. The van der Waals surface area contributed by atoms with Crippen LogP contribution in [0.1, 0.15) is 19.3 Å². The lowest BCUT2D eigenvalue weighted by Gasteiger charge is -2.30. The molecule has 0 aromatic heterocycles. The molecular weight excluding hydrogens is 302 g/mol. The topological polar surface area (TPSA) is 147 Å². The zero-order valence-electron chi connectivity index (χ0n) is 11.6. The van der Waals surface area contributed by atoms with E-state index in [4.69, 9.17) is 10.8 Å². The van der Waals surface area contributed by atoms with Crippen molar-refractivity contribution in [2.24, 2.45) is 11.7 Å². The summed E-state index contributed by atoms with van der Waals surface area (Å²) in [6, 6.07) is -1.40. The summed E-state index contributed by atoms with van der Waals surface area (Å²) in [5, 5.41) is 11.2. The fourth-order valence-corrected chi connectivity index (χ4v) is 3.06. The van der Waals surface area contributed by atoms with Gasteiger partial charge >= 0.3 is 5.97 Å². The Kier molecular flexibility index (Phi) is 5.67. The summed E-state index contributed by atoms with van der Waals surface area (Å²) in [4.78, 5) is 33.7. The molecule has 0 radical (unpaired) electrons. The summed E-state index contributed by atoms with van der Waals surface area (Å²) in [6.07, 6.45) is 1.52. The number of aliphatic carboxylic acids is 1. The monoisotopic (exact) mass is 321 g/mol. The number of hydrogen-bond acceptors (Lipinski definition) is 5. The highest BCUT2D eigenvalue weighted by Gasteiger charge is 2.32. The van der Waals surface area contributed by atoms with E-state index in [2.05, 4.69) is 5.32 Å². The number of nitrogens with two attached hydrogens (primary N) is 1. The van der Waals surface area contributed by atoms with E-state index < -0.39 is 46.2 Å². The summed E-state index contributed by atoms with van der Waals surface area (Å²) in [7, 11) is -3.39. The molecule has 1 fully saturated rings. The van der Waals surface area contributed by atoms with Crippen molar-refractivity contribution in [3.05, 3.63) is 0 Å². The van der Waals surface area contributed by atoms with E-state index in [9.17, 15) is 22.8 Å². The summed E-state index contributed by atoms with van der Waals surface area (Å²) >= 11 is 0. The van der Waals surface area contributed by atoms with Crippen LogP contribution in [-0.2, 0) is 24.4 Å². The van der Waals surface area contributed by atoms with Crippen LogP contribution in [0.5, 0.6) is 0 Å². The molecule has 4 N–H and O–H groups in total. The SMILES string of the molecule is CS(=O)(=O)N1CCCC(C(=O)N[C@@H](CC(N)=O)C(=O)O)C1. The molecule has 0 spiro atoms. The zero-order chi connectivity index (χ0) is 16.2. The molecule has 9 nitrogen and oxygen atoms in total. The third-order valence-electron chi connectivity index (χ3n) is 3.24. The van der Waals surface area contributed by atoms with Gasteiger partial charge in [0.05, 0.1) is 18.6 Å². The van der Waals surface area contributed by atoms with Gasteiger partial charge in [0.1, 0.15) is 6.04 Å². The van der Waals surface area contributed by atoms with Crippen molar-refractivity contribution in [1.82, 2.24) is 9.62 Å². The summed E-state index contributed by atoms with van der Waals surface area (Å²) < 4.78 is 24.1. The molecule has 2 amide bonds. The van der Waals surface area contributed by atoms with Gasteiger partial charge in [-0.3, -0.25) is 9.59 Å². The van der Waals surface area contributed by atoms with Gasteiger partial charge in [0.2, 0.25) is 21.8 Å². The molecule has 0 bridgehead atoms. The standard InChI is InChI=1S/C11H19N3O6S/c1-21(19,20)14-4-2-3-7(6-14)10(16)13-8(11(17)18)5-9(12)15/h7-8H,2-6H2,1H3,(H2,12,15)(H,13,16)(H,17,18)/t7?,8-/m0/s1. The fourth-order valence-electron chi connectivity index (χ4n) is 2.15. The van der Waals surface area contributed by atoms with E-state index in [1.807, 2.05) is 0 Å². The second kappa shape index (κ2) is 6.85. The van der Waals surface area contributed by atoms with Crippen LogP contribution in [0.25, 0.3) is 0 Å². The molecule has 0 saturated carbocycles. The maximum atomic E-state index is 12.0. The third-order valence-corrected chi connectivity index (χ3v) is 4.51. The van der Waals surface area contributed by atoms with E-state index in [1.165, 1.54) is 4.31 Å². The molecule has 1 aliphatic heterocycles. The van der Waals surface area contributed by atoms with E-state index >= 15 is 0 Å². The van der Waals surface area contributed by atoms with Crippen molar-refractivity contribution in [2.45, 2.75) is 25.3 Å². The predicted molar refractivity (Wildman–Crippen MR) is 72.5 cm³/mol. The van der Waals surface area contributed by atoms with Crippen molar-refractivity contribution in [3.63, 3.8) is 0 Å². The molecular formula is C11H19N3O6S. The number of carbonyl (C=O) groups excluding carboxylic acids is 2. The van der Waals surface area contributed by atoms with Gasteiger partial charge in [-0.05, 0) is 12.8 Å². The van der Waals surface area contributed by atoms with Crippen LogP contribution in [0, 0.1) is 5.92 Å². The molecule has 0 aromatic carbocycles. The predicted octanol–water partition coefficient (Wildman–Crippen LogP) is -1.90. The van der Waals surface area contributed by atoms with Gasteiger partial charge in [0.15, 0.2) is 0 Å². The lowest BCUT2D eigenvalue weighted by Crippen LogP contribution is -2.50. The maximum absolute atomic E-state index is 12.0. The van der Waals surface area contributed by atoms with E-state index in [0.717, 1.165) is 6.26 Å². The lowest BCUT2D eigenvalue weighted by molar-refractivity contribution is -0.144. The molecule has 1 heterocycles. The second-order valence-corrected chi connectivity index (χ2v) is 7.01. The quantitative estimate of drug-likeness (QED) is 0.521. The van der Waals surface area contributed by atoms with Gasteiger partial charge < -0.3 is 16.2 Å². The van der Waals surface area contributed by atoms with Crippen LogP contribution < -0.4 is 11.1 Å². The van der Waals surface area contributed by atoms with Crippen molar-refractivity contribution < 1.29 is 27.9 Å². The number of rotatable bonds is 6. The largest absolute Gasteiger partial charge is 0.480 e. The molecule has 1 unspecified atom stereocenters. The highest BCUT2D eigenvalue weighted by Crippen LogP contribution is 2.19. The van der Waals surface area contributed by atoms with Gasteiger partial charge in [-0.2, -0.15) is 0 Å². The first-order valence-electron chi connectivity index (χ1n) is 6.38. The van der Waals surface area contributed by atoms with Crippen LogP contribution in [0.4, 0.5) is 0 Å². The maximum Gasteiger partial charge on any atom is 0.326 e. The van der Waals surface area contributed by atoms with Crippen molar-refractivity contribution in [2.75, 3.05) is 19.3 Å².